The predicted molar refractivity (Wildman–Crippen MR) is 81.4 cm³/mol. The average Bonchev–Trinajstić information content (AvgIpc) is 2.97. The molecule has 106 valence electrons. The summed E-state index contributed by atoms with van der Waals surface area (Å²) >= 11 is 13.6. The van der Waals surface area contributed by atoms with Crippen molar-refractivity contribution < 1.29 is 14.6 Å². The van der Waals surface area contributed by atoms with E-state index >= 15 is 0 Å². The number of ketones is 1. The summed E-state index contributed by atoms with van der Waals surface area (Å²) in [6.45, 7) is 0.380. The molecule has 1 N–H and O–H groups in total. The van der Waals surface area contributed by atoms with E-state index in [2.05, 4.69) is 0 Å². The third kappa shape index (κ3) is 3.33. The maximum atomic E-state index is 12.2. The van der Waals surface area contributed by atoms with Crippen LogP contribution in [0.3, 0.4) is 0 Å². The zero-order valence-electron chi connectivity index (χ0n) is 10.4. The molecular formula is C14H12Cl2O3S. The molecule has 1 aromatic heterocycles. The van der Waals surface area contributed by atoms with E-state index in [1.165, 1.54) is 11.3 Å². The molecule has 0 fully saturated rings. The fourth-order valence-corrected chi connectivity index (χ4v) is 2.74. The summed E-state index contributed by atoms with van der Waals surface area (Å²) in [5.41, 5.74) is 0.355. The van der Waals surface area contributed by atoms with Crippen molar-refractivity contribution in [3.05, 3.63) is 50.1 Å². The van der Waals surface area contributed by atoms with Crippen molar-refractivity contribution in [2.45, 2.75) is 6.42 Å². The van der Waals surface area contributed by atoms with Gasteiger partial charge in [0.05, 0.1) is 16.5 Å². The molecule has 20 heavy (non-hydrogen) atoms. The van der Waals surface area contributed by atoms with Gasteiger partial charge in [0.2, 0.25) is 5.78 Å². The largest absolute Gasteiger partial charge is 0.492 e. The van der Waals surface area contributed by atoms with Gasteiger partial charge < -0.3 is 9.84 Å². The topological polar surface area (TPSA) is 46.5 Å². The fraction of sp³-hybridized carbons (Fsp3) is 0.214. The Balaban J connectivity index is 2.24. The first-order valence-electron chi connectivity index (χ1n) is 5.95. The van der Waals surface area contributed by atoms with Gasteiger partial charge in [-0.05, 0) is 23.6 Å². The van der Waals surface area contributed by atoms with Crippen LogP contribution in [0, 0.1) is 0 Å². The van der Waals surface area contributed by atoms with Gasteiger partial charge in [-0.2, -0.15) is 0 Å². The van der Waals surface area contributed by atoms with Gasteiger partial charge in [0, 0.05) is 18.6 Å². The lowest BCUT2D eigenvalue weighted by Crippen LogP contribution is -2.03. The van der Waals surface area contributed by atoms with Gasteiger partial charge in [-0.3, -0.25) is 4.79 Å². The number of aliphatic hydroxyl groups excluding tert-OH is 1. The van der Waals surface area contributed by atoms with Crippen molar-refractivity contribution in [1.29, 1.82) is 0 Å². The van der Waals surface area contributed by atoms with E-state index in [4.69, 9.17) is 33.0 Å². The number of hydrogen-bond donors (Lipinski definition) is 1. The van der Waals surface area contributed by atoms with Crippen LogP contribution in [-0.4, -0.2) is 24.1 Å². The molecule has 1 aromatic carbocycles. The Bertz CT molecular complexity index is 597. The lowest BCUT2D eigenvalue weighted by molar-refractivity contribution is 0.104. The van der Waals surface area contributed by atoms with Crippen LogP contribution >= 0.6 is 34.5 Å². The summed E-state index contributed by atoms with van der Waals surface area (Å²) in [4.78, 5) is 12.9. The van der Waals surface area contributed by atoms with Gasteiger partial charge in [0.15, 0.2) is 0 Å². The maximum Gasteiger partial charge on any atom is 0.204 e. The number of carbonyl (C=O) groups excluding carboxylic acids is 1. The summed E-state index contributed by atoms with van der Waals surface area (Å²) in [6, 6.07) is 6.76. The smallest absolute Gasteiger partial charge is 0.204 e. The number of carbonyl (C=O) groups is 1. The third-order valence-electron chi connectivity index (χ3n) is 2.60. The predicted octanol–water partition coefficient (Wildman–Crippen LogP) is 4.05. The Morgan fingerprint density at radius 2 is 2.05 bits per heavy atom. The van der Waals surface area contributed by atoms with E-state index in [1.807, 2.05) is 5.38 Å². The average molecular weight is 331 g/mol. The minimum Gasteiger partial charge on any atom is -0.492 e. The van der Waals surface area contributed by atoms with Gasteiger partial charge in [0.25, 0.3) is 0 Å². The second kappa shape index (κ2) is 7.09. The van der Waals surface area contributed by atoms with Gasteiger partial charge in [-0.15, -0.1) is 11.3 Å². The molecule has 0 radical (unpaired) electrons. The Morgan fingerprint density at radius 1 is 1.25 bits per heavy atom. The van der Waals surface area contributed by atoms with Gasteiger partial charge in [0.1, 0.15) is 10.8 Å². The monoisotopic (exact) mass is 330 g/mol. The standard InChI is InChI=1S/C14H12Cl2O3S/c15-12-9(14(18)11-3-1-8-20-11)4-5-10(13(12)16)19-7-2-6-17/h1,3-5,8,17H,2,6-7H2. The molecule has 0 aliphatic rings. The minimum atomic E-state index is -0.159. The molecule has 0 amide bonds. The molecule has 2 aromatic rings. The molecule has 6 heteroatoms. The SMILES string of the molecule is O=C(c1cccs1)c1ccc(OCCCO)c(Cl)c1Cl. The molecule has 0 saturated heterocycles. The summed E-state index contributed by atoms with van der Waals surface area (Å²) in [5, 5.41) is 10.9. The maximum absolute atomic E-state index is 12.2. The summed E-state index contributed by atoms with van der Waals surface area (Å²) in [5.74, 6) is 0.252. The quantitative estimate of drug-likeness (QED) is 0.642. The van der Waals surface area contributed by atoms with Crippen LogP contribution in [0.1, 0.15) is 21.7 Å². The van der Waals surface area contributed by atoms with E-state index < -0.39 is 0 Å². The zero-order valence-corrected chi connectivity index (χ0v) is 12.8. The number of aliphatic hydroxyl groups is 1. The lowest BCUT2D eigenvalue weighted by atomic mass is 10.1. The summed E-state index contributed by atoms with van der Waals surface area (Å²) < 4.78 is 5.40. The molecule has 0 aliphatic heterocycles. The normalized spacial score (nSPS) is 10.6. The highest BCUT2D eigenvalue weighted by atomic mass is 35.5. The number of benzene rings is 1. The highest BCUT2D eigenvalue weighted by molar-refractivity contribution is 7.12. The Morgan fingerprint density at radius 3 is 2.70 bits per heavy atom. The van der Waals surface area contributed by atoms with Crippen molar-refractivity contribution in [3.63, 3.8) is 0 Å². The third-order valence-corrected chi connectivity index (χ3v) is 4.33. The summed E-state index contributed by atoms with van der Waals surface area (Å²) in [6.07, 6.45) is 0.504. The molecule has 0 unspecified atom stereocenters. The van der Waals surface area contributed by atoms with Crippen LogP contribution < -0.4 is 4.74 Å². The van der Waals surface area contributed by atoms with Crippen molar-refractivity contribution in [2.75, 3.05) is 13.2 Å². The first-order chi connectivity index (χ1) is 9.65. The van der Waals surface area contributed by atoms with Crippen molar-refractivity contribution in [1.82, 2.24) is 0 Å². The first kappa shape index (κ1) is 15.3. The van der Waals surface area contributed by atoms with E-state index in [0.717, 1.165) is 0 Å². The lowest BCUT2D eigenvalue weighted by Gasteiger charge is -2.10. The number of rotatable bonds is 6. The molecule has 0 aliphatic carbocycles. The highest BCUT2D eigenvalue weighted by Gasteiger charge is 2.18. The van der Waals surface area contributed by atoms with Gasteiger partial charge in [-0.25, -0.2) is 0 Å². The second-order valence-corrected chi connectivity index (χ2v) is 5.67. The van der Waals surface area contributed by atoms with Crippen molar-refractivity contribution >= 4 is 40.3 Å². The van der Waals surface area contributed by atoms with E-state index in [9.17, 15) is 4.79 Å². The Hall–Kier alpha value is -1.07. The zero-order chi connectivity index (χ0) is 14.5. The fourth-order valence-electron chi connectivity index (χ4n) is 1.61. The van der Waals surface area contributed by atoms with Crippen LogP contribution in [0.4, 0.5) is 0 Å². The molecule has 0 saturated carbocycles. The Labute approximate surface area is 130 Å². The molecule has 0 bridgehead atoms. The highest BCUT2D eigenvalue weighted by Crippen LogP contribution is 2.36. The molecule has 2 rings (SSSR count). The number of ether oxygens (including phenoxy) is 1. The van der Waals surface area contributed by atoms with Crippen LogP contribution in [0.2, 0.25) is 10.0 Å². The van der Waals surface area contributed by atoms with Crippen LogP contribution in [0.5, 0.6) is 5.75 Å². The van der Waals surface area contributed by atoms with E-state index in [1.54, 1.807) is 24.3 Å². The van der Waals surface area contributed by atoms with Gasteiger partial charge >= 0.3 is 0 Å². The molecule has 0 atom stereocenters. The molecule has 0 spiro atoms. The van der Waals surface area contributed by atoms with Crippen molar-refractivity contribution in [2.24, 2.45) is 0 Å². The van der Waals surface area contributed by atoms with Crippen molar-refractivity contribution in [3.8, 4) is 5.75 Å². The van der Waals surface area contributed by atoms with E-state index in [0.29, 0.717) is 29.2 Å². The minimum absolute atomic E-state index is 0.0420. The number of hydrogen-bond acceptors (Lipinski definition) is 4. The molecular weight excluding hydrogens is 319 g/mol. The summed E-state index contributed by atoms with van der Waals surface area (Å²) in [7, 11) is 0. The van der Waals surface area contributed by atoms with Crippen LogP contribution in [-0.2, 0) is 0 Å². The molecule has 3 nitrogen and oxygen atoms in total. The molecule has 1 heterocycles. The van der Waals surface area contributed by atoms with E-state index in [-0.39, 0.29) is 22.4 Å². The second-order valence-electron chi connectivity index (χ2n) is 3.97. The van der Waals surface area contributed by atoms with Crippen LogP contribution in [0.25, 0.3) is 0 Å². The Kier molecular flexibility index (Phi) is 5.43. The number of halogens is 2. The van der Waals surface area contributed by atoms with Crippen LogP contribution in [0.15, 0.2) is 29.6 Å². The first-order valence-corrected chi connectivity index (χ1v) is 7.58. The van der Waals surface area contributed by atoms with Gasteiger partial charge in [-0.1, -0.05) is 29.3 Å². The number of thiophene rings is 1.